The Morgan fingerprint density at radius 2 is 2.00 bits per heavy atom. The molecule has 1 aromatic carbocycles. The Labute approximate surface area is 116 Å². The van der Waals surface area contributed by atoms with E-state index in [0.717, 1.165) is 37.6 Å². The second-order valence-electron chi connectivity index (χ2n) is 5.18. The second-order valence-corrected chi connectivity index (χ2v) is 5.18. The molecule has 0 N–H and O–H groups in total. The van der Waals surface area contributed by atoms with E-state index in [2.05, 4.69) is 24.8 Å². The molecule has 0 fully saturated rings. The van der Waals surface area contributed by atoms with E-state index in [1.807, 2.05) is 12.1 Å². The van der Waals surface area contributed by atoms with E-state index in [1.54, 1.807) is 7.11 Å². The van der Waals surface area contributed by atoms with Crippen LogP contribution < -0.4 is 9.47 Å². The number of hydrogen-bond acceptors (Lipinski definition) is 3. The molecule has 1 aliphatic rings. The zero-order chi connectivity index (χ0) is 13.7. The Balaban J connectivity index is 2.10. The molecule has 1 aliphatic heterocycles. The third-order valence-electron chi connectivity index (χ3n) is 3.69. The van der Waals surface area contributed by atoms with Crippen LogP contribution in [-0.2, 0) is 6.42 Å². The largest absolute Gasteiger partial charge is 0.497 e. The van der Waals surface area contributed by atoms with E-state index in [4.69, 9.17) is 9.47 Å². The van der Waals surface area contributed by atoms with Crippen LogP contribution in [0.15, 0.2) is 18.2 Å². The number of benzene rings is 1. The average molecular weight is 263 g/mol. The highest BCUT2D eigenvalue weighted by Gasteiger charge is 2.24. The maximum Gasteiger partial charge on any atom is 0.122 e. The number of nitrogens with zero attached hydrogens (tertiary/aromatic N) is 1. The van der Waals surface area contributed by atoms with Crippen molar-refractivity contribution in [3.8, 4) is 11.5 Å². The topological polar surface area (TPSA) is 21.7 Å². The van der Waals surface area contributed by atoms with Crippen molar-refractivity contribution in [1.82, 2.24) is 4.90 Å². The first-order valence-corrected chi connectivity index (χ1v) is 7.32. The van der Waals surface area contributed by atoms with E-state index in [0.29, 0.717) is 6.04 Å². The summed E-state index contributed by atoms with van der Waals surface area (Å²) in [6, 6.07) is 6.60. The van der Waals surface area contributed by atoms with Gasteiger partial charge in [-0.25, -0.2) is 0 Å². The normalized spacial score (nSPS) is 18.0. The highest BCUT2D eigenvalue weighted by molar-refractivity contribution is 5.42. The minimum absolute atomic E-state index is 0.500. The first kappa shape index (κ1) is 14.2. The lowest BCUT2D eigenvalue weighted by atomic mass is 10.0. The molecule has 0 amide bonds. The molecule has 0 bridgehead atoms. The van der Waals surface area contributed by atoms with E-state index in [-0.39, 0.29) is 0 Å². The lowest BCUT2D eigenvalue weighted by Crippen LogP contribution is -2.43. The van der Waals surface area contributed by atoms with E-state index in [9.17, 15) is 0 Å². The third kappa shape index (κ3) is 3.41. The maximum absolute atomic E-state index is 5.91. The number of rotatable bonds is 6. The first-order chi connectivity index (χ1) is 9.28. The van der Waals surface area contributed by atoms with Gasteiger partial charge in [-0.05, 0) is 56.1 Å². The summed E-state index contributed by atoms with van der Waals surface area (Å²) in [5.74, 6) is 1.94. The third-order valence-corrected chi connectivity index (χ3v) is 3.69. The zero-order valence-corrected chi connectivity index (χ0v) is 12.3. The Hall–Kier alpha value is -1.22. The van der Waals surface area contributed by atoms with E-state index >= 15 is 0 Å². The van der Waals surface area contributed by atoms with Gasteiger partial charge in [0.15, 0.2) is 0 Å². The van der Waals surface area contributed by atoms with Gasteiger partial charge in [0.25, 0.3) is 0 Å². The molecule has 1 aromatic rings. The van der Waals surface area contributed by atoms with Crippen molar-refractivity contribution in [1.29, 1.82) is 0 Å². The van der Waals surface area contributed by atoms with E-state index < -0.39 is 0 Å². The molecule has 2 rings (SSSR count). The molecular formula is C16H25NO2. The van der Waals surface area contributed by atoms with Crippen LogP contribution in [0.4, 0.5) is 0 Å². The van der Waals surface area contributed by atoms with Gasteiger partial charge in [0.1, 0.15) is 18.1 Å². The van der Waals surface area contributed by atoms with Crippen LogP contribution in [0.2, 0.25) is 0 Å². The molecule has 0 aromatic heterocycles. The molecular weight excluding hydrogens is 238 g/mol. The molecule has 3 nitrogen and oxygen atoms in total. The summed E-state index contributed by atoms with van der Waals surface area (Å²) in [6.45, 7) is 7.59. The predicted molar refractivity (Wildman–Crippen MR) is 78.1 cm³/mol. The fraction of sp³-hybridized carbons (Fsp3) is 0.625. The van der Waals surface area contributed by atoms with Gasteiger partial charge in [-0.2, -0.15) is 0 Å². The van der Waals surface area contributed by atoms with Crippen LogP contribution in [0.25, 0.3) is 0 Å². The van der Waals surface area contributed by atoms with Crippen molar-refractivity contribution in [2.45, 2.75) is 39.2 Å². The van der Waals surface area contributed by atoms with Crippen molar-refractivity contribution in [3.05, 3.63) is 23.8 Å². The number of hydrogen-bond donors (Lipinski definition) is 0. The fourth-order valence-electron chi connectivity index (χ4n) is 2.77. The highest BCUT2D eigenvalue weighted by Crippen LogP contribution is 2.30. The van der Waals surface area contributed by atoms with Gasteiger partial charge in [0, 0.05) is 6.04 Å². The van der Waals surface area contributed by atoms with Gasteiger partial charge >= 0.3 is 0 Å². The Bertz CT molecular complexity index is 400. The summed E-state index contributed by atoms with van der Waals surface area (Å²) in [6.07, 6.45) is 3.45. The Morgan fingerprint density at radius 1 is 1.26 bits per heavy atom. The molecule has 3 heteroatoms. The molecule has 1 atom stereocenters. The molecule has 19 heavy (non-hydrogen) atoms. The zero-order valence-electron chi connectivity index (χ0n) is 12.3. The highest BCUT2D eigenvalue weighted by atomic mass is 16.5. The molecule has 0 spiro atoms. The predicted octanol–water partition coefficient (Wildman–Crippen LogP) is 3.12. The van der Waals surface area contributed by atoms with Gasteiger partial charge in [-0.3, -0.25) is 4.90 Å². The first-order valence-electron chi connectivity index (χ1n) is 7.32. The van der Waals surface area contributed by atoms with Crippen molar-refractivity contribution in [2.75, 3.05) is 26.8 Å². The minimum Gasteiger partial charge on any atom is -0.497 e. The minimum atomic E-state index is 0.500. The summed E-state index contributed by atoms with van der Waals surface area (Å²) in [5.41, 5.74) is 1.27. The van der Waals surface area contributed by atoms with Crippen LogP contribution in [0, 0.1) is 0 Å². The SMILES string of the molecule is CCCN(CCC)C1COc2ccc(OC)cc2C1. The molecule has 0 radical (unpaired) electrons. The van der Waals surface area contributed by atoms with Crippen LogP contribution in [0.3, 0.4) is 0 Å². The van der Waals surface area contributed by atoms with Gasteiger partial charge in [-0.1, -0.05) is 13.8 Å². The molecule has 1 heterocycles. The van der Waals surface area contributed by atoms with Gasteiger partial charge in [0.05, 0.1) is 7.11 Å². The number of ether oxygens (including phenoxy) is 2. The molecule has 0 aliphatic carbocycles. The maximum atomic E-state index is 5.91. The monoisotopic (exact) mass is 263 g/mol. The van der Waals surface area contributed by atoms with E-state index in [1.165, 1.54) is 18.4 Å². The van der Waals surface area contributed by atoms with Crippen molar-refractivity contribution < 1.29 is 9.47 Å². The standard InChI is InChI=1S/C16H25NO2/c1-4-8-17(9-5-2)14-10-13-11-15(18-3)6-7-16(13)19-12-14/h6-7,11,14H,4-5,8-10,12H2,1-3H3. The lowest BCUT2D eigenvalue weighted by Gasteiger charge is -2.35. The summed E-state index contributed by atoms with van der Waals surface area (Å²) < 4.78 is 11.2. The van der Waals surface area contributed by atoms with Crippen LogP contribution in [0.1, 0.15) is 32.3 Å². The fourth-order valence-corrected chi connectivity index (χ4v) is 2.77. The number of fused-ring (bicyclic) bond motifs is 1. The quantitative estimate of drug-likeness (QED) is 0.787. The van der Waals surface area contributed by atoms with Crippen molar-refractivity contribution in [3.63, 3.8) is 0 Å². The summed E-state index contributed by atoms with van der Waals surface area (Å²) in [5, 5.41) is 0. The van der Waals surface area contributed by atoms with Gasteiger partial charge in [-0.15, -0.1) is 0 Å². The molecule has 0 saturated carbocycles. The average Bonchev–Trinajstić information content (AvgIpc) is 2.46. The Kier molecular flexibility index (Phi) is 5.08. The number of methoxy groups -OCH3 is 1. The van der Waals surface area contributed by atoms with Crippen LogP contribution in [0.5, 0.6) is 11.5 Å². The Morgan fingerprint density at radius 3 is 2.63 bits per heavy atom. The van der Waals surface area contributed by atoms with Crippen LogP contribution in [-0.4, -0.2) is 37.7 Å². The van der Waals surface area contributed by atoms with Crippen LogP contribution >= 0.6 is 0 Å². The second kappa shape index (κ2) is 6.80. The molecule has 0 saturated heterocycles. The van der Waals surface area contributed by atoms with Gasteiger partial charge in [0.2, 0.25) is 0 Å². The lowest BCUT2D eigenvalue weighted by molar-refractivity contribution is 0.119. The molecule has 106 valence electrons. The summed E-state index contributed by atoms with van der Waals surface area (Å²) in [7, 11) is 1.71. The van der Waals surface area contributed by atoms with Crippen molar-refractivity contribution in [2.24, 2.45) is 0 Å². The smallest absolute Gasteiger partial charge is 0.122 e. The van der Waals surface area contributed by atoms with Crippen molar-refractivity contribution >= 4 is 0 Å². The molecule has 1 unspecified atom stereocenters. The summed E-state index contributed by atoms with van der Waals surface area (Å²) in [4.78, 5) is 2.56. The summed E-state index contributed by atoms with van der Waals surface area (Å²) >= 11 is 0. The van der Waals surface area contributed by atoms with Gasteiger partial charge < -0.3 is 9.47 Å².